The number of hydrogen-bond acceptors (Lipinski definition) is 4. The largest absolute Gasteiger partial charge is 0.486 e. The van der Waals surface area contributed by atoms with Crippen LogP contribution in [-0.4, -0.2) is 21.6 Å². The van der Waals surface area contributed by atoms with Crippen LogP contribution in [0.2, 0.25) is 10.0 Å². The van der Waals surface area contributed by atoms with Crippen molar-refractivity contribution < 1.29 is 17.9 Å². The van der Waals surface area contributed by atoms with Gasteiger partial charge in [0.1, 0.15) is 18.1 Å². The fraction of sp³-hybridized carbons (Fsp3) is 0.294. The third-order valence-electron chi connectivity index (χ3n) is 3.84. The van der Waals surface area contributed by atoms with Crippen molar-refractivity contribution in [1.29, 1.82) is 0 Å². The van der Waals surface area contributed by atoms with E-state index in [1.807, 2.05) is 0 Å². The average molecular weight is 402 g/mol. The fourth-order valence-electron chi connectivity index (χ4n) is 2.62. The van der Waals surface area contributed by atoms with E-state index in [-0.39, 0.29) is 14.9 Å². The molecule has 0 atom stereocenters. The Labute approximate surface area is 156 Å². The molecule has 1 heterocycles. The van der Waals surface area contributed by atoms with E-state index in [1.165, 1.54) is 12.1 Å². The summed E-state index contributed by atoms with van der Waals surface area (Å²) < 4.78 is 39.4. The smallest absolute Gasteiger partial charge is 0.244 e. The van der Waals surface area contributed by atoms with Crippen LogP contribution in [0, 0.1) is 0 Å². The van der Waals surface area contributed by atoms with Crippen molar-refractivity contribution >= 4 is 33.2 Å². The van der Waals surface area contributed by atoms with Crippen molar-refractivity contribution in [3.05, 3.63) is 52.0 Å². The summed E-state index contributed by atoms with van der Waals surface area (Å²) in [5.41, 5.74) is -0.194. The highest BCUT2D eigenvalue weighted by molar-refractivity contribution is 7.89. The lowest BCUT2D eigenvalue weighted by molar-refractivity contribution is 0.171. The van der Waals surface area contributed by atoms with Gasteiger partial charge in [-0.15, -0.1) is 0 Å². The average Bonchev–Trinajstić information content (AvgIpc) is 2.53. The van der Waals surface area contributed by atoms with Gasteiger partial charge in [0, 0.05) is 0 Å². The quantitative estimate of drug-likeness (QED) is 0.841. The Morgan fingerprint density at radius 1 is 1.00 bits per heavy atom. The topological polar surface area (TPSA) is 64.6 Å². The Hall–Kier alpha value is -1.47. The molecule has 0 saturated carbocycles. The Morgan fingerprint density at radius 2 is 1.60 bits per heavy atom. The second kappa shape index (κ2) is 6.68. The number of sulfonamides is 1. The minimum Gasteiger partial charge on any atom is -0.486 e. The lowest BCUT2D eigenvalue weighted by Crippen LogP contribution is -2.41. The molecule has 25 heavy (non-hydrogen) atoms. The van der Waals surface area contributed by atoms with E-state index in [9.17, 15) is 8.42 Å². The molecule has 0 spiro atoms. The highest BCUT2D eigenvalue weighted by Gasteiger charge is 2.31. The van der Waals surface area contributed by atoms with Gasteiger partial charge >= 0.3 is 0 Å². The third kappa shape index (κ3) is 3.72. The van der Waals surface area contributed by atoms with Crippen LogP contribution in [0.1, 0.15) is 19.4 Å². The summed E-state index contributed by atoms with van der Waals surface area (Å²) in [5, 5.41) is 0.135. The van der Waals surface area contributed by atoms with E-state index < -0.39 is 15.6 Å². The van der Waals surface area contributed by atoms with Gasteiger partial charge < -0.3 is 9.47 Å². The normalized spacial score (nSPS) is 14.4. The van der Waals surface area contributed by atoms with Crippen molar-refractivity contribution in [1.82, 2.24) is 4.72 Å². The molecule has 0 radical (unpaired) electrons. The summed E-state index contributed by atoms with van der Waals surface area (Å²) in [7, 11) is -3.93. The zero-order valence-electron chi connectivity index (χ0n) is 13.7. The molecule has 5 nitrogen and oxygen atoms in total. The van der Waals surface area contributed by atoms with E-state index in [4.69, 9.17) is 32.7 Å². The fourth-order valence-corrected chi connectivity index (χ4v) is 5.17. The van der Waals surface area contributed by atoms with Crippen LogP contribution in [0.25, 0.3) is 0 Å². The van der Waals surface area contributed by atoms with Gasteiger partial charge in [-0.25, -0.2) is 13.1 Å². The molecule has 1 aliphatic heterocycles. The van der Waals surface area contributed by atoms with E-state index in [0.29, 0.717) is 24.7 Å². The van der Waals surface area contributed by atoms with Crippen LogP contribution >= 0.6 is 23.2 Å². The molecular formula is C17H17Cl2NO4S. The maximum atomic E-state index is 12.8. The predicted molar refractivity (Wildman–Crippen MR) is 97.2 cm³/mol. The third-order valence-corrected chi connectivity index (χ3v) is 6.45. The number of nitrogens with one attached hydrogen (secondary N) is 1. The molecule has 8 heteroatoms. The molecule has 0 unspecified atom stereocenters. The maximum absolute atomic E-state index is 12.8. The zero-order valence-corrected chi connectivity index (χ0v) is 16.0. The molecular weight excluding hydrogens is 385 g/mol. The SMILES string of the molecule is CC(C)(NS(=O)(=O)c1c(Cl)cccc1Cl)c1ccc2c(c1)OCCO2. The van der Waals surface area contributed by atoms with E-state index in [1.54, 1.807) is 38.1 Å². The van der Waals surface area contributed by atoms with Gasteiger partial charge in [-0.1, -0.05) is 35.3 Å². The van der Waals surface area contributed by atoms with Gasteiger partial charge in [0.2, 0.25) is 10.0 Å². The van der Waals surface area contributed by atoms with Gasteiger partial charge in [0.15, 0.2) is 11.5 Å². The molecule has 2 aromatic rings. The van der Waals surface area contributed by atoms with Gasteiger partial charge in [0.25, 0.3) is 0 Å². The van der Waals surface area contributed by atoms with Crippen LogP contribution < -0.4 is 14.2 Å². The molecule has 134 valence electrons. The molecule has 1 N–H and O–H groups in total. The Kier molecular flexibility index (Phi) is 4.90. The number of halogens is 2. The van der Waals surface area contributed by atoms with Crippen LogP contribution in [0.15, 0.2) is 41.3 Å². The van der Waals surface area contributed by atoms with Crippen molar-refractivity contribution in [2.24, 2.45) is 0 Å². The molecule has 0 aliphatic carbocycles. The van der Waals surface area contributed by atoms with Gasteiger partial charge in [-0.2, -0.15) is 0 Å². The summed E-state index contributed by atoms with van der Waals surface area (Å²) in [6.07, 6.45) is 0. The first-order chi connectivity index (χ1) is 11.7. The van der Waals surface area contributed by atoms with Crippen molar-refractivity contribution in [2.75, 3.05) is 13.2 Å². The second-order valence-electron chi connectivity index (χ2n) is 6.14. The number of rotatable bonds is 4. The summed E-state index contributed by atoms with van der Waals surface area (Å²) in [6, 6.07) is 9.89. The van der Waals surface area contributed by atoms with Gasteiger partial charge in [-0.05, 0) is 43.7 Å². The summed E-state index contributed by atoms with van der Waals surface area (Å²) in [4.78, 5) is -0.135. The zero-order chi connectivity index (χ0) is 18.2. The summed E-state index contributed by atoms with van der Waals surface area (Å²) in [6.45, 7) is 4.45. The number of ether oxygens (including phenoxy) is 2. The number of benzene rings is 2. The first-order valence-corrected chi connectivity index (χ1v) is 9.83. The van der Waals surface area contributed by atoms with Gasteiger partial charge in [-0.3, -0.25) is 0 Å². The first-order valence-electron chi connectivity index (χ1n) is 7.59. The van der Waals surface area contributed by atoms with Crippen molar-refractivity contribution in [3.63, 3.8) is 0 Å². The molecule has 0 amide bonds. The van der Waals surface area contributed by atoms with E-state index in [0.717, 1.165) is 5.56 Å². The summed E-state index contributed by atoms with van der Waals surface area (Å²) >= 11 is 12.1. The highest BCUT2D eigenvalue weighted by Crippen LogP contribution is 2.36. The monoisotopic (exact) mass is 401 g/mol. The van der Waals surface area contributed by atoms with E-state index in [2.05, 4.69) is 4.72 Å². The Morgan fingerprint density at radius 3 is 2.24 bits per heavy atom. The van der Waals surface area contributed by atoms with Crippen LogP contribution in [0.3, 0.4) is 0 Å². The molecule has 0 fully saturated rings. The lowest BCUT2D eigenvalue weighted by Gasteiger charge is -2.28. The minimum absolute atomic E-state index is 0.0676. The van der Waals surface area contributed by atoms with Gasteiger partial charge in [0.05, 0.1) is 15.6 Å². The molecule has 1 aliphatic rings. The van der Waals surface area contributed by atoms with Crippen molar-refractivity contribution in [2.45, 2.75) is 24.3 Å². The molecule has 2 aromatic carbocycles. The molecule has 3 rings (SSSR count). The van der Waals surface area contributed by atoms with Crippen LogP contribution in [0.5, 0.6) is 11.5 Å². The molecule has 0 aromatic heterocycles. The Balaban J connectivity index is 1.95. The second-order valence-corrected chi connectivity index (χ2v) is 8.57. The molecule has 0 saturated heterocycles. The predicted octanol–water partition coefficient (Wildman–Crippen LogP) is 3.98. The summed E-state index contributed by atoms with van der Waals surface area (Å²) in [5.74, 6) is 1.23. The standard InChI is InChI=1S/C17H17Cl2NO4S/c1-17(2,11-6-7-14-15(10-11)24-9-8-23-14)20-25(21,22)16-12(18)4-3-5-13(16)19/h3-7,10,20H,8-9H2,1-2H3. The minimum atomic E-state index is -3.93. The maximum Gasteiger partial charge on any atom is 0.244 e. The lowest BCUT2D eigenvalue weighted by atomic mass is 9.95. The molecule has 0 bridgehead atoms. The first kappa shape index (κ1) is 18.3. The Bertz CT molecular complexity index is 893. The van der Waals surface area contributed by atoms with Crippen molar-refractivity contribution in [3.8, 4) is 11.5 Å². The number of hydrogen-bond donors (Lipinski definition) is 1. The number of fused-ring (bicyclic) bond motifs is 1. The van der Waals surface area contributed by atoms with E-state index >= 15 is 0 Å². The van der Waals surface area contributed by atoms with Crippen LogP contribution in [-0.2, 0) is 15.6 Å². The van der Waals surface area contributed by atoms with Crippen LogP contribution in [0.4, 0.5) is 0 Å². The highest BCUT2D eigenvalue weighted by atomic mass is 35.5.